The summed E-state index contributed by atoms with van der Waals surface area (Å²) in [4.78, 5) is 39.6. The number of aromatic nitrogens is 6. The number of amides is 1. The van der Waals surface area contributed by atoms with Crippen molar-refractivity contribution in [2.24, 2.45) is 0 Å². The van der Waals surface area contributed by atoms with E-state index in [1.807, 2.05) is 25.1 Å². The zero-order chi connectivity index (χ0) is 24.4. The van der Waals surface area contributed by atoms with Crippen molar-refractivity contribution < 1.29 is 9.53 Å². The Morgan fingerprint density at radius 2 is 1.89 bits per heavy atom. The van der Waals surface area contributed by atoms with Crippen molar-refractivity contribution in [2.75, 3.05) is 12.4 Å². The van der Waals surface area contributed by atoms with Gasteiger partial charge in [0.05, 0.1) is 30.8 Å². The third-order valence-corrected chi connectivity index (χ3v) is 5.95. The summed E-state index contributed by atoms with van der Waals surface area (Å²) in [6.45, 7) is 1.81. The van der Waals surface area contributed by atoms with E-state index >= 15 is 0 Å². The number of rotatable bonds is 5. The third kappa shape index (κ3) is 4.38. The van der Waals surface area contributed by atoms with Crippen LogP contribution < -0.4 is 10.1 Å². The van der Waals surface area contributed by atoms with Gasteiger partial charge < -0.3 is 4.74 Å². The molecule has 0 radical (unpaired) electrons. The molecule has 35 heavy (non-hydrogen) atoms. The van der Waals surface area contributed by atoms with Crippen molar-refractivity contribution >= 4 is 32.9 Å². The Morgan fingerprint density at radius 3 is 2.66 bits per heavy atom. The molecule has 0 saturated carbocycles. The van der Waals surface area contributed by atoms with Gasteiger partial charge >= 0.3 is 0 Å². The maximum absolute atomic E-state index is 13.3. The number of anilines is 1. The summed E-state index contributed by atoms with van der Waals surface area (Å²) >= 11 is 1.22. The normalized spacial score (nSPS) is 10.7. The summed E-state index contributed by atoms with van der Waals surface area (Å²) in [5.41, 5.74) is 4.31. The molecule has 0 fully saturated rings. The van der Waals surface area contributed by atoms with E-state index in [0.717, 1.165) is 5.56 Å². The lowest BCUT2D eigenvalue weighted by molar-refractivity contribution is 0.102. The van der Waals surface area contributed by atoms with E-state index in [-0.39, 0.29) is 5.69 Å². The average molecular weight is 481 g/mol. The Labute approximate surface area is 203 Å². The van der Waals surface area contributed by atoms with E-state index in [9.17, 15) is 10.1 Å². The van der Waals surface area contributed by atoms with Gasteiger partial charge in [0.25, 0.3) is 5.91 Å². The second-order valence-corrected chi connectivity index (χ2v) is 8.32. The Morgan fingerprint density at radius 1 is 1.06 bits per heavy atom. The first-order chi connectivity index (χ1) is 17.1. The molecule has 0 bridgehead atoms. The van der Waals surface area contributed by atoms with Crippen LogP contribution in [-0.4, -0.2) is 42.9 Å². The van der Waals surface area contributed by atoms with Gasteiger partial charge in [-0.3, -0.25) is 20.1 Å². The van der Waals surface area contributed by atoms with E-state index in [2.05, 4.69) is 35.2 Å². The van der Waals surface area contributed by atoms with Gasteiger partial charge in [0.15, 0.2) is 15.6 Å². The standard InChI is InChI=1S/C24H16N8O2S/c1-13-7-16(17-8-15(9-25)28-12-20(17)34-2)18(10-27-13)22(33)32-24-31-21-23(35-24)30-19(11-29-21)14-3-5-26-6-4-14/h3-8,10-12H,1-2H3,(H,29,31,32,33). The van der Waals surface area contributed by atoms with Crippen molar-refractivity contribution in [3.63, 3.8) is 0 Å². The number of nitrogens with zero attached hydrogens (tertiary/aromatic N) is 7. The van der Waals surface area contributed by atoms with Gasteiger partial charge in [0, 0.05) is 41.0 Å². The molecule has 0 atom stereocenters. The van der Waals surface area contributed by atoms with Crippen molar-refractivity contribution in [1.29, 1.82) is 5.26 Å². The summed E-state index contributed by atoms with van der Waals surface area (Å²) < 4.78 is 5.42. The van der Waals surface area contributed by atoms with Gasteiger partial charge in [0.2, 0.25) is 0 Å². The zero-order valence-corrected chi connectivity index (χ0v) is 19.4. The number of pyridine rings is 3. The molecule has 1 N–H and O–H groups in total. The van der Waals surface area contributed by atoms with Crippen LogP contribution in [0.4, 0.5) is 5.13 Å². The molecule has 0 aromatic carbocycles. The van der Waals surface area contributed by atoms with Gasteiger partial charge in [-0.05, 0) is 31.2 Å². The highest BCUT2D eigenvalue weighted by atomic mass is 32.1. The number of nitriles is 1. The summed E-state index contributed by atoms with van der Waals surface area (Å²) in [6, 6.07) is 9.04. The SMILES string of the molecule is COc1cnc(C#N)cc1-c1cc(C)ncc1C(=O)Nc1nc2ncc(-c3ccncc3)nc2s1. The van der Waals surface area contributed by atoms with Crippen molar-refractivity contribution in [1.82, 2.24) is 29.9 Å². The molecule has 0 spiro atoms. The molecule has 11 heteroatoms. The Bertz CT molecular complexity index is 1610. The third-order valence-electron chi connectivity index (χ3n) is 5.10. The molecule has 0 aliphatic rings. The fourth-order valence-electron chi connectivity index (χ4n) is 3.44. The number of methoxy groups -OCH3 is 1. The summed E-state index contributed by atoms with van der Waals surface area (Å²) in [7, 11) is 1.50. The minimum atomic E-state index is -0.418. The maximum atomic E-state index is 13.3. The number of hydrogen-bond donors (Lipinski definition) is 1. The van der Waals surface area contributed by atoms with E-state index < -0.39 is 5.91 Å². The monoisotopic (exact) mass is 480 g/mol. The van der Waals surface area contributed by atoms with Crippen LogP contribution in [0.1, 0.15) is 21.7 Å². The highest BCUT2D eigenvalue weighted by Crippen LogP contribution is 2.33. The highest BCUT2D eigenvalue weighted by Gasteiger charge is 2.20. The van der Waals surface area contributed by atoms with Crippen LogP contribution in [0.3, 0.4) is 0 Å². The average Bonchev–Trinajstić information content (AvgIpc) is 3.30. The van der Waals surface area contributed by atoms with Crippen molar-refractivity contribution in [2.45, 2.75) is 6.92 Å². The van der Waals surface area contributed by atoms with Gasteiger partial charge in [-0.1, -0.05) is 11.3 Å². The maximum Gasteiger partial charge on any atom is 0.259 e. The molecule has 0 aliphatic heterocycles. The second kappa shape index (κ2) is 9.20. The van der Waals surface area contributed by atoms with E-state index in [4.69, 9.17) is 4.74 Å². The van der Waals surface area contributed by atoms with Gasteiger partial charge in [-0.25, -0.2) is 15.0 Å². The van der Waals surface area contributed by atoms with Crippen LogP contribution in [0.2, 0.25) is 0 Å². The first-order valence-corrected chi connectivity index (χ1v) is 11.1. The molecule has 0 saturated heterocycles. The minimum absolute atomic E-state index is 0.204. The molecule has 0 aliphatic carbocycles. The largest absolute Gasteiger partial charge is 0.494 e. The fourth-order valence-corrected chi connectivity index (χ4v) is 4.23. The molecule has 5 aromatic heterocycles. The topological polar surface area (TPSA) is 139 Å². The molecule has 1 amide bonds. The van der Waals surface area contributed by atoms with Gasteiger partial charge in [-0.2, -0.15) is 10.2 Å². The molecule has 0 unspecified atom stereocenters. The molecule has 5 aromatic rings. The first kappa shape index (κ1) is 22.0. The number of hydrogen-bond acceptors (Lipinski definition) is 10. The molecule has 170 valence electrons. The van der Waals surface area contributed by atoms with Crippen LogP contribution in [0.15, 0.2) is 55.2 Å². The fraction of sp³-hybridized carbons (Fsp3) is 0.0833. The predicted octanol–water partition coefficient (Wildman–Crippen LogP) is 4.05. The number of carbonyl (C=O) groups is 1. The lowest BCUT2D eigenvalue weighted by atomic mass is 9.99. The Balaban J connectivity index is 1.50. The molecule has 5 rings (SSSR count). The van der Waals surface area contributed by atoms with E-state index in [0.29, 0.717) is 49.4 Å². The van der Waals surface area contributed by atoms with Crippen molar-refractivity contribution in [3.8, 4) is 34.2 Å². The zero-order valence-electron chi connectivity index (χ0n) is 18.6. The Kier molecular flexibility index (Phi) is 5.78. The predicted molar refractivity (Wildman–Crippen MR) is 130 cm³/mol. The lowest BCUT2D eigenvalue weighted by Crippen LogP contribution is -2.14. The number of aryl methyl sites for hydroxylation is 1. The van der Waals surface area contributed by atoms with E-state index in [1.54, 1.807) is 30.7 Å². The molecule has 5 heterocycles. The summed E-state index contributed by atoms with van der Waals surface area (Å²) in [5, 5.41) is 12.5. The van der Waals surface area contributed by atoms with Gasteiger partial charge in [-0.15, -0.1) is 0 Å². The number of carbonyl (C=O) groups excluding carboxylic acids is 1. The lowest BCUT2D eigenvalue weighted by Gasteiger charge is -2.13. The van der Waals surface area contributed by atoms with Gasteiger partial charge in [0.1, 0.15) is 17.5 Å². The smallest absolute Gasteiger partial charge is 0.259 e. The molecular formula is C24H16N8O2S. The first-order valence-electron chi connectivity index (χ1n) is 10.3. The van der Waals surface area contributed by atoms with E-state index in [1.165, 1.54) is 30.8 Å². The highest BCUT2D eigenvalue weighted by molar-refractivity contribution is 7.21. The molecular weight excluding hydrogens is 464 g/mol. The minimum Gasteiger partial charge on any atom is -0.494 e. The number of nitrogens with one attached hydrogen (secondary N) is 1. The van der Waals surface area contributed by atoms with Crippen LogP contribution in [0.5, 0.6) is 5.75 Å². The number of thiazole rings is 1. The summed E-state index contributed by atoms with van der Waals surface area (Å²) in [5.74, 6) is 0.0129. The van der Waals surface area contributed by atoms with Crippen LogP contribution in [-0.2, 0) is 0 Å². The van der Waals surface area contributed by atoms with Crippen LogP contribution >= 0.6 is 11.3 Å². The molecule has 10 nitrogen and oxygen atoms in total. The van der Waals surface area contributed by atoms with Crippen LogP contribution in [0, 0.1) is 18.3 Å². The second-order valence-electron chi connectivity index (χ2n) is 7.35. The van der Waals surface area contributed by atoms with Crippen LogP contribution in [0.25, 0.3) is 32.9 Å². The summed E-state index contributed by atoms with van der Waals surface area (Å²) in [6.07, 6.45) is 7.94. The number of ether oxygens (including phenoxy) is 1. The quantitative estimate of drug-likeness (QED) is 0.394. The Hall–Kier alpha value is -4.82. The van der Waals surface area contributed by atoms with Crippen molar-refractivity contribution in [3.05, 3.63) is 72.2 Å². The number of fused-ring (bicyclic) bond motifs is 1.